The molecule has 538 valence electrons. The van der Waals surface area contributed by atoms with Gasteiger partial charge in [-0.15, -0.1) is 0 Å². The van der Waals surface area contributed by atoms with Crippen molar-refractivity contribution >= 4 is 23.7 Å². The molecule has 42 nitrogen and oxygen atoms in total. The van der Waals surface area contributed by atoms with Crippen LogP contribution in [0.2, 0.25) is 0 Å². The van der Waals surface area contributed by atoms with Crippen molar-refractivity contribution in [1.82, 2.24) is 16.0 Å². The first-order valence-electron chi connectivity index (χ1n) is 29.2. The van der Waals surface area contributed by atoms with Crippen LogP contribution < -0.4 is 16.0 Å². The summed E-state index contributed by atoms with van der Waals surface area (Å²) in [6.07, 6.45) is -68.5. The Hall–Kier alpha value is -3.48. The number of hydrogen-bond acceptors (Lipinski definition) is 38. The SMILES string of the molecule is CC(=O)N[C@H]1[C@H](O[C@@H]2[C@@H](O[C@@H]3[C@H](O)[C@H](O[C@H]4[C@H](O)[C@@H](NC(C)=O)C(O)O[C@@H]4CO)O[C@H](CO[C@H]4O[C@H](CO)[C@@H](O)[C@H](O)[C@@H]4O)[C@H]3O)O[C@H](CO)[C@@H](O)[C@@H]2O)O[C@H](CO)[C@@H](O[C@@H]2O[C@H](CO)[C@H](O)[C@H](O[C@]3(C(=O)O)C[C@H](O)[C@@H](NC(C)=O)[C@H]([C@H](O)[C@H](O)CO)O3)[C@H]2O)[C@@H]1O. The van der Waals surface area contributed by atoms with Crippen LogP contribution in [-0.4, -0.2) is 403 Å². The van der Waals surface area contributed by atoms with E-state index in [1.54, 1.807) is 0 Å². The lowest BCUT2D eigenvalue weighted by Crippen LogP contribution is -2.71. The highest BCUT2D eigenvalue weighted by Crippen LogP contribution is 2.40. The zero-order valence-electron chi connectivity index (χ0n) is 49.6. The zero-order chi connectivity index (χ0) is 69.0. The number of hydrogen-bond donors (Lipinski definition) is 25. The van der Waals surface area contributed by atoms with Crippen molar-refractivity contribution in [2.75, 3.05) is 46.2 Å². The fourth-order valence-electron chi connectivity index (χ4n) is 11.8. The van der Waals surface area contributed by atoms with Gasteiger partial charge in [-0.3, -0.25) is 14.4 Å². The highest BCUT2D eigenvalue weighted by atomic mass is 16.8. The number of carbonyl (C=O) groups is 4. The summed E-state index contributed by atoms with van der Waals surface area (Å²) in [5.41, 5.74) is 0. The normalized spacial score (nSPS) is 47.2. The minimum atomic E-state index is -3.25. The molecule has 0 spiro atoms. The van der Waals surface area contributed by atoms with Gasteiger partial charge in [-0.1, -0.05) is 0 Å². The Labute approximate surface area is 525 Å². The second-order valence-corrected chi connectivity index (χ2v) is 23.2. The lowest BCUT2D eigenvalue weighted by Gasteiger charge is -2.51. The van der Waals surface area contributed by atoms with Crippen LogP contribution >= 0.6 is 0 Å². The standard InChI is InChI=1S/C51H85N3O39/c1-12(61)52-23-15(64)4-51(50(79)80,92-40(23)26(66)16(65)5-55)93-42-29(69)19(8-58)84-48(37(42)77)89-39-21(10-60)86-45(25(32(39)72)54-14(3)63)91-43-34(74)28(68)18(7-57)85-49(43)90-41-30(70)22(11-81-46-35(75)33(73)27(67)17(6-56)83-46)87-47(36(41)76)88-38-20(9-59)82-44(78)24(31(38)71)53-13(2)62/h15-49,55-60,64-78H,4-11H2,1-3H3,(H,52,61)(H,53,62)(H,54,63)(H,79,80)/t15-,16+,17+,18+,19+,20+,21+,22+,23+,24+,25+,26+,27+,28+,29-,30+,31+,32+,33-,34-,35-,36-,37+,38+,39+,40+,41-,42-,43-,44?,45-,46-,47-,48-,49+,51-/m0/s1. The molecule has 36 atom stereocenters. The summed E-state index contributed by atoms with van der Waals surface area (Å²) in [6.45, 7) is -4.72. The van der Waals surface area contributed by atoms with E-state index in [-0.39, 0.29) is 0 Å². The van der Waals surface area contributed by atoms with E-state index in [0.717, 1.165) is 20.8 Å². The Bertz CT molecular complexity index is 2420. The Morgan fingerprint density at radius 2 is 0.871 bits per heavy atom. The number of carboxylic acid groups (broad SMARTS) is 1. The fourth-order valence-corrected chi connectivity index (χ4v) is 11.8. The van der Waals surface area contributed by atoms with Crippen molar-refractivity contribution < 1.29 is 193 Å². The summed E-state index contributed by atoms with van der Waals surface area (Å²) >= 11 is 0. The molecule has 0 aromatic rings. The van der Waals surface area contributed by atoms with Gasteiger partial charge in [0, 0.05) is 27.2 Å². The second kappa shape index (κ2) is 32.9. The lowest BCUT2D eigenvalue weighted by molar-refractivity contribution is -0.399. The molecule has 0 aliphatic carbocycles. The molecule has 25 N–H and O–H groups in total. The van der Waals surface area contributed by atoms with Crippen LogP contribution in [-0.2, 0) is 80.8 Å². The third-order valence-electron chi connectivity index (χ3n) is 16.7. The average Bonchev–Trinajstić information content (AvgIpc) is 0.773. The van der Waals surface area contributed by atoms with Crippen molar-refractivity contribution in [2.45, 2.75) is 248 Å². The van der Waals surface area contributed by atoms with Gasteiger partial charge >= 0.3 is 5.97 Å². The Morgan fingerprint density at radius 1 is 0.441 bits per heavy atom. The maximum atomic E-state index is 13.1. The number of carbonyl (C=O) groups excluding carboxylic acids is 3. The van der Waals surface area contributed by atoms with Crippen molar-refractivity contribution in [3.63, 3.8) is 0 Å². The van der Waals surface area contributed by atoms with E-state index in [4.69, 9.17) is 61.6 Å². The summed E-state index contributed by atoms with van der Waals surface area (Å²) in [7, 11) is 0. The first-order chi connectivity index (χ1) is 43.8. The van der Waals surface area contributed by atoms with Gasteiger partial charge in [0.05, 0.1) is 58.4 Å². The molecule has 0 saturated carbocycles. The Balaban J connectivity index is 1.17. The van der Waals surface area contributed by atoms with Gasteiger partial charge in [-0.05, 0) is 0 Å². The van der Waals surface area contributed by atoms with E-state index in [2.05, 4.69) is 16.0 Å². The molecular weight excluding hydrogens is 1280 g/mol. The summed E-state index contributed by atoms with van der Waals surface area (Å²) < 4.78 is 75.0. The Kier molecular flexibility index (Phi) is 27.2. The molecule has 7 fully saturated rings. The van der Waals surface area contributed by atoms with Crippen molar-refractivity contribution in [1.29, 1.82) is 0 Å². The van der Waals surface area contributed by atoms with Gasteiger partial charge in [0.15, 0.2) is 37.7 Å². The van der Waals surface area contributed by atoms with E-state index in [1.165, 1.54) is 0 Å². The Morgan fingerprint density at radius 3 is 1.41 bits per heavy atom. The van der Waals surface area contributed by atoms with Crippen molar-refractivity contribution in [3.05, 3.63) is 0 Å². The highest BCUT2D eigenvalue weighted by molar-refractivity contribution is 5.77. The van der Waals surface area contributed by atoms with Gasteiger partial charge < -0.3 is 190 Å². The minimum Gasteiger partial charge on any atom is -0.477 e. The molecule has 7 aliphatic heterocycles. The number of amides is 3. The van der Waals surface area contributed by atoms with Crippen LogP contribution in [0.25, 0.3) is 0 Å². The molecular formula is C51H85N3O39. The molecule has 0 radical (unpaired) electrons. The van der Waals surface area contributed by atoms with Gasteiger partial charge in [-0.25, -0.2) is 4.79 Å². The number of ether oxygens (including phenoxy) is 13. The third kappa shape index (κ3) is 16.8. The van der Waals surface area contributed by atoms with Gasteiger partial charge in [-0.2, -0.15) is 0 Å². The molecule has 3 amide bonds. The molecule has 42 heteroatoms. The van der Waals surface area contributed by atoms with Gasteiger partial charge in [0.2, 0.25) is 17.7 Å². The van der Waals surface area contributed by atoms with Gasteiger partial charge in [0.1, 0.15) is 165 Å². The summed E-state index contributed by atoms with van der Waals surface area (Å²) in [5, 5.41) is 247. The lowest BCUT2D eigenvalue weighted by atomic mass is 9.88. The summed E-state index contributed by atoms with van der Waals surface area (Å²) in [5.74, 6) is -8.01. The molecule has 7 rings (SSSR count). The first kappa shape index (κ1) is 76.9. The number of carboxylic acids is 1. The topological polar surface area (TPSA) is 669 Å². The molecule has 0 aromatic carbocycles. The maximum Gasteiger partial charge on any atom is 0.364 e. The van der Waals surface area contributed by atoms with E-state index < -0.39 is 297 Å². The predicted molar refractivity (Wildman–Crippen MR) is 284 cm³/mol. The number of aliphatic hydroxyl groups is 21. The van der Waals surface area contributed by atoms with Crippen LogP contribution in [0.1, 0.15) is 27.2 Å². The average molecular weight is 1360 g/mol. The molecule has 0 aromatic heterocycles. The van der Waals surface area contributed by atoms with Crippen LogP contribution in [0.15, 0.2) is 0 Å². The molecule has 0 bridgehead atoms. The summed E-state index contributed by atoms with van der Waals surface area (Å²) in [6, 6.07) is -5.40. The van der Waals surface area contributed by atoms with Crippen LogP contribution in [0, 0.1) is 0 Å². The molecule has 93 heavy (non-hydrogen) atoms. The third-order valence-corrected chi connectivity index (χ3v) is 16.7. The summed E-state index contributed by atoms with van der Waals surface area (Å²) in [4.78, 5) is 50.3. The highest BCUT2D eigenvalue weighted by Gasteiger charge is 2.62. The smallest absolute Gasteiger partial charge is 0.364 e. The van der Waals surface area contributed by atoms with E-state index in [0.29, 0.717) is 0 Å². The zero-order valence-corrected chi connectivity index (χ0v) is 49.6. The molecule has 7 aliphatic rings. The maximum absolute atomic E-state index is 13.1. The first-order valence-corrected chi connectivity index (χ1v) is 29.2. The van der Waals surface area contributed by atoms with Crippen molar-refractivity contribution in [3.8, 4) is 0 Å². The monoisotopic (exact) mass is 1360 g/mol. The predicted octanol–water partition coefficient (Wildman–Crippen LogP) is -16.6. The van der Waals surface area contributed by atoms with Gasteiger partial charge in [0.25, 0.3) is 5.79 Å². The number of aliphatic hydroxyl groups excluding tert-OH is 21. The van der Waals surface area contributed by atoms with Crippen molar-refractivity contribution in [2.24, 2.45) is 0 Å². The molecule has 7 heterocycles. The van der Waals surface area contributed by atoms with E-state index in [9.17, 15) is 132 Å². The minimum absolute atomic E-state index is 0.799. The fraction of sp³-hybridized carbons (Fsp3) is 0.922. The quantitative estimate of drug-likeness (QED) is 0.0404. The second-order valence-electron chi connectivity index (χ2n) is 23.2. The number of aliphatic carboxylic acids is 1. The molecule has 1 unspecified atom stereocenters. The van der Waals surface area contributed by atoms with Crippen LogP contribution in [0.4, 0.5) is 0 Å². The largest absolute Gasteiger partial charge is 0.477 e. The van der Waals surface area contributed by atoms with Crippen LogP contribution in [0.3, 0.4) is 0 Å². The number of nitrogens with one attached hydrogen (secondary N) is 3. The number of rotatable bonds is 25. The van der Waals surface area contributed by atoms with E-state index in [1.807, 2.05) is 0 Å². The van der Waals surface area contributed by atoms with E-state index >= 15 is 0 Å². The molecule has 7 saturated heterocycles. The van der Waals surface area contributed by atoms with Crippen LogP contribution in [0.5, 0.6) is 0 Å².